The maximum atomic E-state index is 12.1. The van der Waals surface area contributed by atoms with E-state index in [9.17, 15) is 4.79 Å². The average molecular weight is 408 g/mol. The summed E-state index contributed by atoms with van der Waals surface area (Å²) >= 11 is 0. The number of fused-ring (bicyclic) bond motifs is 3. The van der Waals surface area contributed by atoms with Gasteiger partial charge >= 0.3 is 5.97 Å². The number of rotatable bonds is 6. The Morgan fingerprint density at radius 3 is 2.60 bits per heavy atom. The van der Waals surface area contributed by atoms with Crippen LogP contribution in [-0.4, -0.2) is 20.2 Å². The Morgan fingerprint density at radius 2 is 1.90 bits per heavy atom. The second kappa shape index (κ2) is 8.15. The van der Waals surface area contributed by atoms with Crippen LogP contribution in [0.4, 0.5) is 0 Å². The molecule has 5 nitrogen and oxygen atoms in total. The molecule has 2 aliphatic rings. The van der Waals surface area contributed by atoms with Crippen molar-refractivity contribution in [3.63, 3.8) is 0 Å². The minimum absolute atomic E-state index is 0.0594. The van der Waals surface area contributed by atoms with Gasteiger partial charge in [-0.15, -0.1) is 0 Å². The molecule has 1 fully saturated rings. The van der Waals surface area contributed by atoms with Gasteiger partial charge in [0.2, 0.25) is 0 Å². The fraction of sp³-hybridized carbons (Fsp3) is 0.400. The Morgan fingerprint density at radius 1 is 1.17 bits per heavy atom. The van der Waals surface area contributed by atoms with E-state index in [0.29, 0.717) is 18.8 Å². The van der Waals surface area contributed by atoms with Crippen molar-refractivity contribution in [3.05, 3.63) is 69.8 Å². The van der Waals surface area contributed by atoms with Crippen molar-refractivity contribution in [2.75, 3.05) is 14.2 Å². The van der Waals surface area contributed by atoms with Crippen LogP contribution in [0.25, 0.3) is 0 Å². The number of methoxy groups -OCH3 is 2. The first-order valence-corrected chi connectivity index (χ1v) is 10.3. The molecule has 0 amide bonds. The highest BCUT2D eigenvalue weighted by molar-refractivity contribution is 5.91. The van der Waals surface area contributed by atoms with Crippen molar-refractivity contribution in [3.8, 4) is 11.5 Å². The number of aryl methyl sites for hydroxylation is 1. The number of benzene rings is 2. The maximum absolute atomic E-state index is 12.1. The zero-order valence-corrected chi connectivity index (χ0v) is 18.0. The summed E-state index contributed by atoms with van der Waals surface area (Å²) in [4.78, 5) is 12.1. The molecular weight excluding hydrogens is 380 g/mol. The lowest BCUT2D eigenvalue weighted by molar-refractivity contribution is -0.139. The molecule has 1 aliphatic carbocycles. The second-order valence-electron chi connectivity index (χ2n) is 8.04. The van der Waals surface area contributed by atoms with Crippen LogP contribution in [-0.2, 0) is 33.9 Å². The third-order valence-corrected chi connectivity index (χ3v) is 6.29. The van der Waals surface area contributed by atoms with Crippen molar-refractivity contribution >= 4 is 5.97 Å². The van der Waals surface area contributed by atoms with E-state index in [-0.39, 0.29) is 18.0 Å². The lowest BCUT2D eigenvalue weighted by Gasteiger charge is -2.30. The lowest BCUT2D eigenvalue weighted by atomic mass is 9.76. The molecule has 1 aliphatic heterocycles. The van der Waals surface area contributed by atoms with E-state index in [1.165, 1.54) is 5.56 Å². The Balaban J connectivity index is 1.66. The van der Waals surface area contributed by atoms with Crippen molar-refractivity contribution in [2.24, 2.45) is 5.92 Å². The number of carbonyl (C=O) groups is 1. The molecule has 1 saturated heterocycles. The fourth-order valence-electron chi connectivity index (χ4n) is 4.76. The Bertz CT molecular complexity index is 1010. The van der Waals surface area contributed by atoms with Crippen LogP contribution in [0.5, 0.6) is 11.5 Å². The van der Waals surface area contributed by atoms with Crippen LogP contribution < -0.4 is 9.47 Å². The van der Waals surface area contributed by atoms with Crippen LogP contribution in [0, 0.1) is 19.8 Å². The Labute approximate surface area is 177 Å². The van der Waals surface area contributed by atoms with Gasteiger partial charge in [-0.1, -0.05) is 24.8 Å². The molecule has 0 N–H and O–H groups in total. The van der Waals surface area contributed by atoms with Crippen LogP contribution in [0.2, 0.25) is 0 Å². The third kappa shape index (κ3) is 3.37. The molecule has 1 heterocycles. The first-order valence-electron chi connectivity index (χ1n) is 10.3. The first-order chi connectivity index (χ1) is 14.5. The second-order valence-corrected chi connectivity index (χ2v) is 8.04. The van der Waals surface area contributed by atoms with Gasteiger partial charge in [0.05, 0.1) is 13.7 Å². The summed E-state index contributed by atoms with van der Waals surface area (Å²) in [5.74, 6) is 1.37. The minimum Gasteiger partial charge on any atom is -0.496 e. The standard InChI is InChI=1S/C25H28O5/c1-14-11-21(29-13-18-8-6-7-17(12-27-4)23(18)28-5)16(3)22-19(14)9-10-20-15(2)25(26)30-24(20)22/h6-8,11,20,24H,2,9-10,12-13H2,1,3-5H3/t20-,24?/m0/s1. The predicted octanol–water partition coefficient (Wildman–Crippen LogP) is 4.75. The topological polar surface area (TPSA) is 54.0 Å². The molecule has 0 saturated carbocycles. The summed E-state index contributed by atoms with van der Waals surface area (Å²) < 4.78 is 22.9. The highest BCUT2D eigenvalue weighted by Crippen LogP contribution is 2.49. The van der Waals surface area contributed by atoms with Gasteiger partial charge in [-0.25, -0.2) is 4.79 Å². The van der Waals surface area contributed by atoms with Gasteiger partial charge in [0.1, 0.15) is 24.2 Å². The molecule has 2 aromatic carbocycles. The van der Waals surface area contributed by atoms with E-state index in [1.807, 2.05) is 25.1 Å². The molecule has 0 bridgehead atoms. The normalized spacial score (nSPS) is 19.9. The summed E-state index contributed by atoms with van der Waals surface area (Å²) in [6, 6.07) is 8.05. The number of hydrogen-bond acceptors (Lipinski definition) is 5. The monoisotopic (exact) mass is 408 g/mol. The number of carbonyl (C=O) groups excluding carboxylic acids is 1. The first kappa shape index (κ1) is 20.5. The van der Waals surface area contributed by atoms with Crippen molar-refractivity contribution < 1.29 is 23.7 Å². The van der Waals surface area contributed by atoms with Crippen molar-refractivity contribution in [1.82, 2.24) is 0 Å². The lowest BCUT2D eigenvalue weighted by Crippen LogP contribution is -2.20. The van der Waals surface area contributed by atoms with E-state index in [0.717, 1.165) is 52.2 Å². The molecule has 158 valence electrons. The molecule has 0 spiro atoms. The molecule has 5 heteroatoms. The van der Waals surface area contributed by atoms with Gasteiger partial charge in [-0.2, -0.15) is 0 Å². The molecule has 0 radical (unpaired) electrons. The maximum Gasteiger partial charge on any atom is 0.334 e. The van der Waals surface area contributed by atoms with Gasteiger partial charge in [-0.3, -0.25) is 0 Å². The highest BCUT2D eigenvalue weighted by atomic mass is 16.6. The smallest absolute Gasteiger partial charge is 0.334 e. The van der Waals surface area contributed by atoms with E-state index >= 15 is 0 Å². The van der Waals surface area contributed by atoms with Crippen molar-refractivity contribution in [1.29, 1.82) is 0 Å². The molecule has 4 rings (SSSR count). The van der Waals surface area contributed by atoms with Crippen LogP contribution in [0.1, 0.15) is 45.9 Å². The summed E-state index contributed by atoms with van der Waals surface area (Å²) in [6.45, 7) is 8.95. The molecular formula is C25H28O5. The zero-order valence-electron chi connectivity index (χ0n) is 18.0. The van der Waals surface area contributed by atoms with Crippen LogP contribution >= 0.6 is 0 Å². The molecule has 0 aromatic heterocycles. The number of ether oxygens (including phenoxy) is 4. The SMILES string of the molecule is C=C1C(=O)OC2c3c(C)c(OCc4cccc(COC)c4OC)cc(C)c3CC[C@@H]12. The summed E-state index contributed by atoms with van der Waals surface area (Å²) in [5.41, 5.74) is 7.09. The van der Waals surface area contributed by atoms with Crippen molar-refractivity contribution in [2.45, 2.75) is 46.0 Å². The van der Waals surface area contributed by atoms with E-state index < -0.39 is 0 Å². The highest BCUT2D eigenvalue weighted by Gasteiger charge is 2.44. The summed E-state index contributed by atoms with van der Waals surface area (Å²) in [5, 5.41) is 0. The predicted molar refractivity (Wildman–Crippen MR) is 114 cm³/mol. The van der Waals surface area contributed by atoms with Crippen LogP contribution in [0.3, 0.4) is 0 Å². The van der Waals surface area contributed by atoms with E-state index in [1.54, 1.807) is 14.2 Å². The average Bonchev–Trinajstić information content (AvgIpc) is 3.03. The Hall–Kier alpha value is -2.79. The third-order valence-electron chi connectivity index (χ3n) is 6.29. The van der Waals surface area contributed by atoms with Crippen LogP contribution in [0.15, 0.2) is 36.4 Å². The van der Waals surface area contributed by atoms with Gasteiger partial charge in [-0.05, 0) is 49.4 Å². The number of para-hydroxylation sites is 1. The summed E-state index contributed by atoms with van der Waals surface area (Å²) in [7, 11) is 3.33. The zero-order chi connectivity index (χ0) is 21.4. The molecule has 30 heavy (non-hydrogen) atoms. The largest absolute Gasteiger partial charge is 0.496 e. The molecule has 2 atom stereocenters. The fourth-order valence-corrected chi connectivity index (χ4v) is 4.76. The van der Waals surface area contributed by atoms with Gasteiger partial charge < -0.3 is 18.9 Å². The summed E-state index contributed by atoms with van der Waals surface area (Å²) in [6.07, 6.45) is 1.56. The van der Waals surface area contributed by atoms with Gasteiger partial charge in [0.15, 0.2) is 0 Å². The minimum atomic E-state index is -0.277. The number of hydrogen-bond donors (Lipinski definition) is 0. The van der Waals surface area contributed by atoms with Gasteiger partial charge in [0, 0.05) is 35.3 Å². The van der Waals surface area contributed by atoms with Gasteiger partial charge in [0.25, 0.3) is 0 Å². The van der Waals surface area contributed by atoms with E-state index in [4.69, 9.17) is 18.9 Å². The molecule has 1 unspecified atom stereocenters. The van der Waals surface area contributed by atoms with E-state index in [2.05, 4.69) is 19.6 Å². The quantitative estimate of drug-likeness (QED) is 0.510. The molecule has 2 aromatic rings. The Kier molecular flexibility index (Phi) is 5.56. The number of esters is 1.